The Kier molecular flexibility index (Phi) is 5.47. The molecule has 0 saturated heterocycles. The summed E-state index contributed by atoms with van der Waals surface area (Å²) in [7, 11) is 0. The summed E-state index contributed by atoms with van der Waals surface area (Å²) in [5.41, 5.74) is 2.78. The molecule has 1 atom stereocenters. The Morgan fingerprint density at radius 2 is 1.84 bits per heavy atom. The molecule has 1 saturated carbocycles. The number of rotatable bonds is 5. The molecule has 1 aliphatic carbocycles. The molecule has 1 aromatic carbocycles. The number of amides is 1. The number of ketones is 1. The maximum absolute atomic E-state index is 13.8. The molecule has 7 heteroatoms. The smallest absolute Gasteiger partial charge is 0.290 e. The molecule has 164 valence electrons. The van der Waals surface area contributed by atoms with E-state index in [-0.39, 0.29) is 17.4 Å². The van der Waals surface area contributed by atoms with Crippen molar-refractivity contribution >= 4 is 34.4 Å². The van der Waals surface area contributed by atoms with Crippen LogP contribution in [0.3, 0.4) is 0 Å². The number of aryl methyl sites for hydroxylation is 2. The average molecular weight is 465 g/mol. The summed E-state index contributed by atoms with van der Waals surface area (Å²) in [5, 5.41) is 13.7. The zero-order valence-corrected chi connectivity index (χ0v) is 19.6. The second-order valence-electron chi connectivity index (χ2n) is 8.41. The average Bonchev–Trinajstić information content (AvgIpc) is 3.57. The van der Waals surface area contributed by atoms with Crippen LogP contribution in [0.15, 0.2) is 53.1 Å². The predicted octanol–water partition coefficient (Wildman–Crippen LogP) is 6.01. The van der Waals surface area contributed by atoms with E-state index in [1.807, 2.05) is 55.6 Å². The van der Waals surface area contributed by atoms with Crippen molar-refractivity contribution < 1.29 is 14.7 Å². The Labute approximate surface area is 195 Å². The molecule has 1 fully saturated rings. The first-order valence-electron chi connectivity index (χ1n) is 10.8. The molecule has 3 heterocycles. The standard InChI is InChI=1S/C25H24N2O3S2/c1-14-12-13-31-22(14)19-18(21(29)25(30)27(19)17-10-6-7-11-17)20(28)23-15(2)26-24(32-23)16-8-4-3-5-9-16/h3-5,8-9,12-13,17,19,29H,6-7,10-11H2,1-2H3. The number of hydrogen-bond acceptors (Lipinski definition) is 6. The van der Waals surface area contributed by atoms with Crippen LogP contribution in [0.5, 0.6) is 0 Å². The second-order valence-corrected chi connectivity index (χ2v) is 10.4. The largest absolute Gasteiger partial charge is 0.503 e. The van der Waals surface area contributed by atoms with Gasteiger partial charge in [-0.3, -0.25) is 9.59 Å². The van der Waals surface area contributed by atoms with Crippen molar-refractivity contribution in [3.05, 3.63) is 74.1 Å². The van der Waals surface area contributed by atoms with E-state index in [1.54, 1.807) is 4.90 Å². The van der Waals surface area contributed by atoms with Crippen LogP contribution in [0.4, 0.5) is 0 Å². The Morgan fingerprint density at radius 3 is 2.50 bits per heavy atom. The third-order valence-electron chi connectivity index (χ3n) is 6.38. The Balaban J connectivity index is 1.59. The van der Waals surface area contributed by atoms with Crippen LogP contribution >= 0.6 is 22.7 Å². The van der Waals surface area contributed by atoms with Crippen LogP contribution < -0.4 is 0 Å². The van der Waals surface area contributed by atoms with Crippen molar-refractivity contribution in [2.75, 3.05) is 0 Å². The second kappa shape index (κ2) is 8.30. The summed E-state index contributed by atoms with van der Waals surface area (Å²) in [5.74, 6) is -1.14. The van der Waals surface area contributed by atoms with E-state index in [0.29, 0.717) is 10.6 Å². The van der Waals surface area contributed by atoms with E-state index in [2.05, 4.69) is 4.98 Å². The van der Waals surface area contributed by atoms with Crippen molar-refractivity contribution in [2.45, 2.75) is 51.6 Å². The molecule has 3 aromatic rings. The number of Topliss-reactive ketones (excluding diaryl/α,β-unsaturated/α-hetero) is 1. The van der Waals surface area contributed by atoms with Crippen molar-refractivity contribution in [1.29, 1.82) is 0 Å². The van der Waals surface area contributed by atoms with E-state index in [9.17, 15) is 14.7 Å². The van der Waals surface area contributed by atoms with Gasteiger partial charge in [0.05, 0.1) is 16.1 Å². The summed E-state index contributed by atoms with van der Waals surface area (Å²) in [6.07, 6.45) is 3.92. The predicted molar refractivity (Wildman–Crippen MR) is 127 cm³/mol. The highest BCUT2D eigenvalue weighted by Crippen LogP contribution is 2.46. The van der Waals surface area contributed by atoms with Crippen LogP contribution in [0.2, 0.25) is 0 Å². The van der Waals surface area contributed by atoms with Gasteiger partial charge in [0.15, 0.2) is 5.76 Å². The number of hydrogen-bond donors (Lipinski definition) is 1. The highest BCUT2D eigenvalue weighted by molar-refractivity contribution is 7.17. The number of nitrogens with zero attached hydrogens (tertiary/aromatic N) is 2. The van der Waals surface area contributed by atoms with Gasteiger partial charge in [-0.2, -0.15) is 0 Å². The van der Waals surface area contributed by atoms with Crippen LogP contribution in [0.25, 0.3) is 10.6 Å². The summed E-state index contributed by atoms with van der Waals surface area (Å²) in [6.45, 7) is 3.80. The molecule has 1 N–H and O–H groups in total. The molecule has 32 heavy (non-hydrogen) atoms. The number of carbonyl (C=O) groups is 2. The van der Waals surface area contributed by atoms with Crippen LogP contribution in [0, 0.1) is 13.8 Å². The maximum atomic E-state index is 13.8. The quantitative estimate of drug-likeness (QED) is 0.470. The first-order valence-corrected chi connectivity index (χ1v) is 12.5. The summed E-state index contributed by atoms with van der Waals surface area (Å²) in [6, 6.07) is 11.2. The van der Waals surface area contributed by atoms with Gasteiger partial charge in [-0.25, -0.2) is 4.98 Å². The number of aliphatic hydroxyl groups excluding tert-OH is 1. The molecule has 5 nitrogen and oxygen atoms in total. The highest BCUT2D eigenvalue weighted by Gasteiger charge is 2.48. The van der Waals surface area contributed by atoms with Gasteiger partial charge in [-0.1, -0.05) is 43.2 Å². The van der Waals surface area contributed by atoms with E-state index >= 15 is 0 Å². The minimum absolute atomic E-state index is 0.0453. The molecule has 1 unspecified atom stereocenters. The van der Waals surface area contributed by atoms with E-state index < -0.39 is 17.7 Å². The van der Waals surface area contributed by atoms with Crippen LogP contribution in [-0.4, -0.2) is 32.7 Å². The van der Waals surface area contributed by atoms with Gasteiger partial charge in [0.2, 0.25) is 5.78 Å². The monoisotopic (exact) mass is 464 g/mol. The topological polar surface area (TPSA) is 70.5 Å². The third kappa shape index (κ3) is 3.40. The number of aliphatic hydroxyl groups is 1. The molecule has 2 aliphatic rings. The summed E-state index contributed by atoms with van der Waals surface area (Å²) < 4.78 is 0. The van der Waals surface area contributed by atoms with Gasteiger partial charge < -0.3 is 10.0 Å². The molecular formula is C25H24N2O3S2. The molecule has 0 radical (unpaired) electrons. The first-order chi connectivity index (χ1) is 15.5. The number of thiazole rings is 1. The van der Waals surface area contributed by atoms with E-state index in [1.165, 1.54) is 22.7 Å². The van der Waals surface area contributed by atoms with Crippen LogP contribution in [0.1, 0.15) is 57.5 Å². The maximum Gasteiger partial charge on any atom is 0.290 e. The summed E-state index contributed by atoms with van der Waals surface area (Å²) >= 11 is 2.85. The molecule has 1 amide bonds. The zero-order chi connectivity index (χ0) is 22.4. The molecule has 1 aliphatic heterocycles. The SMILES string of the molecule is Cc1ccsc1C1C(C(=O)c2sc(-c3ccccc3)nc2C)=C(O)C(=O)N1C1CCCC1. The lowest BCUT2D eigenvalue weighted by atomic mass is 9.97. The third-order valence-corrected chi connectivity index (χ3v) is 8.66. The van der Waals surface area contributed by atoms with Crippen molar-refractivity contribution in [3.63, 3.8) is 0 Å². The van der Waals surface area contributed by atoms with Gasteiger partial charge in [0, 0.05) is 16.5 Å². The number of aromatic nitrogens is 1. The molecule has 5 rings (SSSR count). The minimum Gasteiger partial charge on any atom is -0.503 e. The number of thiophene rings is 1. The van der Waals surface area contributed by atoms with E-state index in [4.69, 9.17) is 0 Å². The Hall–Kier alpha value is -2.77. The summed E-state index contributed by atoms with van der Waals surface area (Å²) in [4.78, 5) is 34.9. The molecule has 2 aromatic heterocycles. The minimum atomic E-state index is -0.542. The number of carbonyl (C=O) groups excluding carboxylic acids is 2. The molecular weight excluding hydrogens is 440 g/mol. The van der Waals surface area contributed by atoms with Gasteiger partial charge >= 0.3 is 0 Å². The fourth-order valence-electron chi connectivity index (χ4n) is 4.77. The fourth-order valence-corrected chi connectivity index (χ4v) is 6.83. The van der Waals surface area contributed by atoms with Gasteiger partial charge in [0.1, 0.15) is 11.0 Å². The van der Waals surface area contributed by atoms with Crippen molar-refractivity contribution in [3.8, 4) is 10.6 Å². The van der Waals surface area contributed by atoms with Crippen LogP contribution in [-0.2, 0) is 4.79 Å². The molecule has 0 bridgehead atoms. The van der Waals surface area contributed by atoms with Gasteiger partial charge in [-0.15, -0.1) is 22.7 Å². The van der Waals surface area contributed by atoms with E-state index in [0.717, 1.165) is 46.7 Å². The lowest BCUT2D eigenvalue weighted by molar-refractivity contribution is -0.131. The lowest BCUT2D eigenvalue weighted by Crippen LogP contribution is -2.38. The normalized spacial score (nSPS) is 19.4. The Bertz CT molecular complexity index is 1220. The van der Waals surface area contributed by atoms with Gasteiger partial charge in [0.25, 0.3) is 5.91 Å². The number of benzene rings is 1. The Morgan fingerprint density at radius 1 is 1.12 bits per heavy atom. The van der Waals surface area contributed by atoms with Gasteiger partial charge in [-0.05, 0) is 43.7 Å². The lowest BCUT2D eigenvalue weighted by Gasteiger charge is -2.31. The molecule has 0 spiro atoms. The first kappa shape index (κ1) is 21.1. The zero-order valence-electron chi connectivity index (χ0n) is 18.0. The highest BCUT2D eigenvalue weighted by atomic mass is 32.1. The fraction of sp³-hybridized carbons (Fsp3) is 0.320. The van der Waals surface area contributed by atoms with Crippen molar-refractivity contribution in [2.24, 2.45) is 0 Å². The van der Waals surface area contributed by atoms with Crippen molar-refractivity contribution in [1.82, 2.24) is 9.88 Å².